The Morgan fingerprint density at radius 3 is 2.28 bits per heavy atom. The highest BCUT2D eigenvalue weighted by molar-refractivity contribution is 14.1. The van der Waals surface area contributed by atoms with Crippen LogP contribution in [0, 0.1) is 3.57 Å². The van der Waals surface area contributed by atoms with Gasteiger partial charge in [0.2, 0.25) is 0 Å². The van der Waals surface area contributed by atoms with Crippen molar-refractivity contribution in [2.75, 3.05) is 6.61 Å². The van der Waals surface area contributed by atoms with Crippen LogP contribution < -0.4 is 0 Å². The summed E-state index contributed by atoms with van der Waals surface area (Å²) in [6.45, 7) is 1.53. The molecule has 0 aliphatic heterocycles. The summed E-state index contributed by atoms with van der Waals surface area (Å²) in [5, 5.41) is 0. The minimum absolute atomic E-state index is 0.714. The summed E-state index contributed by atoms with van der Waals surface area (Å²) in [6, 6.07) is 19.0. The zero-order valence-electron chi connectivity index (χ0n) is 10.3. The van der Waals surface area contributed by atoms with E-state index in [0.29, 0.717) is 6.61 Å². The van der Waals surface area contributed by atoms with Gasteiger partial charge in [0.15, 0.2) is 0 Å². The second kappa shape index (κ2) is 7.54. The van der Waals surface area contributed by atoms with Gasteiger partial charge in [-0.1, -0.05) is 42.5 Å². The average Bonchev–Trinajstić information content (AvgIpc) is 2.42. The van der Waals surface area contributed by atoms with Gasteiger partial charge in [0.25, 0.3) is 0 Å². The smallest absolute Gasteiger partial charge is 0.0716 e. The second-order valence-corrected chi connectivity index (χ2v) is 5.51. The Balaban J connectivity index is 1.63. The first-order chi connectivity index (χ1) is 8.84. The van der Waals surface area contributed by atoms with Crippen LogP contribution in [-0.4, -0.2) is 6.61 Å². The zero-order chi connectivity index (χ0) is 12.6. The van der Waals surface area contributed by atoms with Gasteiger partial charge in [-0.15, -0.1) is 0 Å². The van der Waals surface area contributed by atoms with Crippen LogP contribution in [0.5, 0.6) is 0 Å². The minimum Gasteiger partial charge on any atom is -0.377 e. The fourth-order valence-corrected chi connectivity index (χ4v) is 2.15. The summed E-state index contributed by atoms with van der Waals surface area (Å²) in [6.07, 6.45) is 2.17. The molecule has 0 aliphatic rings. The van der Waals surface area contributed by atoms with Crippen molar-refractivity contribution in [2.45, 2.75) is 19.4 Å². The van der Waals surface area contributed by atoms with Crippen molar-refractivity contribution < 1.29 is 4.74 Å². The van der Waals surface area contributed by atoms with E-state index in [0.717, 1.165) is 19.4 Å². The molecule has 1 nitrogen and oxygen atoms in total. The van der Waals surface area contributed by atoms with Crippen LogP contribution >= 0.6 is 22.6 Å². The van der Waals surface area contributed by atoms with Crippen molar-refractivity contribution in [3.05, 3.63) is 69.3 Å². The van der Waals surface area contributed by atoms with E-state index in [2.05, 4.69) is 77.2 Å². The predicted octanol–water partition coefficient (Wildman–Crippen LogP) is 4.44. The van der Waals surface area contributed by atoms with Crippen LogP contribution in [0.4, 0.5) is 0 Å². The largest absolute Gasteiger partial charge is 0.377 e. The van der Waals surface area contributed by atoms with Crippen molar-refractivity contribution in [1.29, 1.82) is 0 Å². The van der Waals surface area contributed by atoms with Gasteiger partial charge in [0.05, 0.1) is 6.61 Å². The summed E-state index contributed by atoms with van der Waals surface area (Å²) in [7, 11) is 0. The molecule has 0 unspecified atom stereocenters. The zero-order valence-corrected chi connectivity index (χ0v) is 12.5. The van der Waals surface area contributed by atoms with Crippen LogP contribution in [-0.2, 0) is 17.8 Å². The number of ether oxygens (including phenoxy) is 1. The number of halogens is 1. The molecule has 0 fully saturated rings. The lowest BCUT2D eigenvalue weighted by atomic mass is 10.1. The average molecular weight is 352 g/mol. The fourth-order valence-electron chi connectivity index (χ4n) is 1.79. The highest BCUT2D eigenvalue weighted by Gasteiger charge is 1.95. The lowest BCUT2D eigenvalue weighted by Gasteiger charge is -2.05. The van der Waals surface area contributed by atoms with Crippen LogP contribution in [0.3, 0.4) is 0 Å². The van der Waals surface area contributed by atoms with Crippen molar-refractivity contribution in [3.8, 4) is 0 Å². The molecule has 0 aliphatic carbocycles. The third-order valence-corrected chi connectivity index (χ3v) is 3.50. The molecule has 0 amide bonds. The van der Waals surface area contributed by atoms with E-state index < -0.39 is 0 Å². The Hall–Kier alpha value is -0.870. The maximum atomic E-state index is 5.68. The quantitative estimate of drug-likeness (QED) is 0.552. The molecule has 2 heteroatoms. The molecular formula is C16H17IO. The number of hydrogen-bond acceptors (Lipinski definition) is 1. The minimum atomic E-state index is 0.714. The molecule has 0 saturated carbocycles. The second-order valence-electron chi connectivity index (χ2n) is 4.27. The maximum absolute atomic E-state index is 5.68. The topological polar surface area (TPSA) is 9.23 Å². The molecule has 2 aromatic carbocycles. The molecule has 0 N–H and O–H groups in total. The van der Waals surface area contributed by atoms with E-state index in [1.165, 1.54) is 14.7 Å². The van der Waals surface area contributed by atoms with E-state index in [1.807, 2.05) is 0 Å². The molecule has 0 bridgehead atoms. The Labute approximate surface area is 122 Å². The summed E-state index contributed by atoms with van der Waals surface area (Å²) >= 11 is 2.31. The van der Waals surface area contributed by atoms with Gasteiger partial charge in [0, 0.05) is 10.2 Å². The molecule has 2 rings (SSSR count). The van der Waals surface area contributed by atoms with E-state index in [9.17, 15) is 0 Å². The molecule has 2 aromatic rings. The van der Waals surface area contributed by atoms with Gasteiger partial charge in [-0.25, -0.2) is 0 Å². The monoisotopic (exact) mass is 352 g/mol. The van der Waals surface area contributed by atoms with E-state index in [4.69, 9.17) is 4.74 Å². The highest BCUT2D eigenvalue weighted by Crippen LogP contribution is 2.08. The predicted molar refractivity (Wildman–Crippen MR) is 83.6 cm³/mol. The lowest BCUT2D eigenvalue weighted by Crippen LogP contribution is -1.97. The number of rotatable bonds is 6. The van der Waals surface area contributed by atoms with Crippen molar-refractivity contribution in [3.63, 3.8) is 0 Å². The molecule has 0 atom stereocenters. The number of aryl methyl sites for hydroxylation is 1. The third-order valence-electron chi connectivity index (χ3n) is 2.78. The van der Waals surface area contributed by atoms with Crippen LogP contribution in [0.25, 0.3) is 0 Å². The van der Waals surface area contributed by atoms with Crippen LogP contribution in [0.1, 0.15) is 17.5 Å². The SMILES string of the molecule is Ic1ccc(COCCCc2ccccc2)cc1. The van der Waals surface area contributed by atoms with E-state index in [1.54, 1.807) is 0 Å². The molecule has 0 spiro atoms. The molecule has 0 saturated heterocycles. The van der Waals surface area contributed by atoms with Gasteiger partial charge >= 0.3 is 0 Å². The van der Waals surface area contributed by atoms with Gasteiger partial charge in [-0.05, 0) is 58.7 Å². The molecule has 94 valence electrons. The highest BCUT2D eigenvalue weighted by atomic mass is 127. The standard InChI is InChI=1S/C16H17IO/c17-16-10-8-15(9-11-16)13-18-12-4-7-14-5-2-1-3-6-14/h1-3,5-6,8-11H,4,7,12-13H2. The van der Waals surface area contributed by atoms with Crippen LogP contribution in [0.2, 0.25) is 0 Å². The summed E-state index contributed by atoms with van der Waals surface area (Å²) in [4.78, 5) is 0. The molecular weight excluding hydrogens is 335 g/mol. The van der Waals surface area contributed by atoms with Crippen molar-refractivity contribution in [2.24, 2.45) is 0 Å². The molecule has 0 radical (unpaired) electrons. The van der Waals surface area contributed by atoms with E-state index >= 15 is 0 Å². The number of benzene rings is 2. The Morgan fingerprint density at radius 2 is 1.56 bits per heavy atom. The number of hydrogen-bond donors (Lipinski definition) is 0. The first-order valence-electron chi connectivity index (χ1n) is 6.21. The first-order valence-corrected chi connectivity index (χ1v) is 7.28. The summed E-state index contributed by atoms with van der Waals surface area (Å²) < 4.78 is 6.94. The summed E-state index contributed by atoms with van der Waals surface area (Å²) in [5.41, 5.74) is 2.63. The molecule has 0 heterocycles. The van der Waals surface area contributed by atoms with E-state index in [-0.39, 0.29) is 0 Å². The van der Waals surface area contributed by atoms with Gasteiger partial charge in [0.1, 0.15) is 0 Å². The maximum Gasteiger partial charge on any atom is 0.0716 e. The van der Waals surface area contributed by atoms with Gasteiger partial charge < -0.3 is 4.74 Å². The normalized spacial score (nSPS) is 10.5. The molecule has 18 heavy (non-hydrogen) atoms. The van der Waals surface area contributed by atoms with Crippen LogP contribution in [0.15, 0.2) is 54.6 Å². The lowest BCUT2D eigenvalue weighted by molar-refractivity contribution is 0.118. The summed E-state index contributed by atoms with van der Waals surface area (Å²) in [5.74, 6) is 0. The Morgan fingerprint density at radius 1 is 0.833 bits per heavy atom. The first kappa shape index (κ1) is 13.6. The van der Waals surface area contributed by atoms with Crippen molar-refractivity contribution >= 4 is 22.6 Å². The Kier molecular flexibility index (Phi) is 5.68. The Bertz CT molecular complexity index is 450. The third kappa shape index (κ3) is 4.78. The van der Waals surface area contributed by atoms with Gasteiger partial charge in [-0.3, -0.25) is 0 Å². The van der Waals surface area contributed by atoms with Gasteiger partial charge in [-0.2, -0.15) is 0 Å². The fraction of sp³-hybridized carbons (Fsp3) is 0.250. The molecule has 0 aromatic heterocycles. The van der Waals surface area contributed by atoms with Crippen molar-refractivity contribution in [1.82, 2.24) is 0 Å².